The number of hydrogen-bond donors (Lipinski definition) is 1. The van der Waals surface area contributed by atoms with Gasteiger partial charge in [-0.1, -0.05) is 33.6 Å². The molecule has 4 nitrogen and oxygen atoms in total. The maximum absolute atomic E-state index is 11.5. The molecule has 0 atom stereocenters. The summed E-state index contributed by atoms with van der Waals surface area (Å²) >= 11 is 9.16. The number of benzene rings is 2. The minimum absolute atomic E-state index is 0.155. The van der Waals surface area contributed by atoms with E-state index in [0.717, 1.165) is 10.2 Å². The fourth-order valence-corrected chi connectivity index (χ4v) is 2.00. The van der Waals surface area contributed by atoms with Crippen molar-refractivity contribution in [1.29, 1.82) is 0 Å². The number of hydrogen-bond acceptors (Lipinski definition) is 3. The highest BCUT2D eigenvalue weighted by Gasteiger charge is 2.03. The molecule has 1 amide bonds. The summed E-state index contributed by atoms with van der Waals surface area (Å²) in [6.45, 7) is 0.438. The summed E-state index contributed by atoms with van der Waals surface area (Å²) < 4.78 is 11.4. The molecule has 0 spiro atoms. The normalized spacial score (nSPS) is 10.0. The van der Waals surface area contributed by atoms with Crippen LogP contribution in [0.25, 0.3) is 0 Å². The minimum Gasteiger partial charge on any atom is -0.490 e. The molecule has 0 bridgehead atoms. The van der Waals surface area contributed by atoms with Gasteiger partial charge in [0, 0.05) is 15.2 Å². The number of amides is 1. The molecule has 110 valence electrons. The molecule has 2 aromatic rings. The van der Waals surface area contributed by atoms with Gasteiger partial charge in [0.1, 0.15) is 19.0 Å². The quantitative estimate of drug-likeness (QED) is 0.774. The molecule has 0 fully saturated rings. The Morgan fingerprint density at radius 2 is 1.90 bits per heavy atom. The highest BCUT2D eigenvalue weighted by atomic mass is 79.9. The van der Waals surface area contributed by atoms with E-state index in [4.69, 9.17) is 21.1 Å². The van der Waals surface area contributed by atoms with Crippen LogP contribution in [-0.2, 0) is 4.74 Å². The maximum atomic E-state index is 11.5. The number of halogens is 2. The molecule has 1 N–H and O–H groups in total. The van der Waals surface area contributed by atoms with Crippen LogP contribution in [0.1, 0.15) is 0 Å². The molecular formula is C15H13BrClNO3. The third-order valence-corrected chi connectivity index (χ3v) is 3.23. The van der Waals surface area contributed by atoms with Crippen LogP contribution in [0.3, 0.4) is 0 Å². The Balaban J connectivity index is 1.68. The smallest absolute Gasteiger partial charge is 0.411 e. The van der Waals surface area contributed by atoms with Gasteiger partial charge in [-0.3, -0.25) is 5.32 Å². The van der Waals surface area contributed by atoms with Gasteiger partial charge >= 0.3 is 6.09 Å². The van der Waals surface area contributed by atoms with E-state index in [9.17, 15) is 4.79 Å². The molecule has 2 aromatic carbocycles. The second-order valence-corrected chi connectivity index (χ2v) is 5.43. The van der Waals surface area contributed by atoms with Crippen LogP contribution in [0, 0.1) is 0 Å². The molecule has 0 heterocycles. The first-order chi connectivity index (χ1) is 10.1. The van der Waals surface area contributed by atoms with E-state index >= 15 is 0 Å². The van der Waals surface area contributed by atoms with Gasteiger partial charge < -0.3 is 9.47 Å². The molecule has 2 rings (SSSR count). The Bertz CT molecular complexity index is 604. The van der Waals surface area contributed by atoms with Crippen LogP contribution < -0.4 is 10.1 Å². The molecule has 0 aliphatic carbocycles. The topological polar surface area (TPSA) is 47.6 Å². The predicted molar refractivity (Wildman–Crippen MR) is 86.1 cm³/mol. The first kappa shape index (κ1) is 15.7. The van der Waals surface area contributed by atoms with Crippen molar-refractivity contribution in [2.75, 3.05) is 18.5 Å². The molecule has 6 heteroatoms. The summed E-state index contributed by atoms with van der Waals surface area (Å²) in [6.07, 6.45) is -0.545. The molecule has 0 unspecified atom stereocenters. The first-order valence-corrected chi connectivity index (χ1v) is 7.38. The summed E-state index contributed by atoms with van der Waals surface area (Å²) in [5, 5.41) is 3.13. The number of ether oxygens (including phenoxy) is 2. The van der Waals surface area contributed by atoms with E-state index in [1.807, 2.05) is 24.3 Å². The number of nitrogens with one attached hydrogen (secondary N) is 1. The fraction of sp³-hybridized carbons (Fsp3) is 0.133. The number of rotatable bonds is 5. The monoisotopic (exact) mass is 369 g/mol. The highest BCUT2D eigenvalue weighted by Crippen LogP contribution is 2.16. The van der Waals surface area contributed by atoms with Crippen molar-refractivity contribution in [3.8, 4) is 5.75 Å². The standard InChI is InChI=1S/C15H13BrClNO3/c16-11-4-6-14(7-5-11)20-8-9-21-15(19)18-13-3-1-2-12(17)10-13/h1-7,10H,8-9H2,(H,18,19). The Morgan fingerprint density at radius 3 is 2.62 bits per heavy atom. The lowest BCUT2D eigenvalue weighted by Gasteiger charge is -2.08. The number of anilines is 1. The average molecular weight is 371 g/mol. The van der Waals surface area contributed by atoms with E-state index in [-0.39, 0.29) is 13.2 Å². The minimum atomic E-state index is -0.545. The molecule has 0 saturated heterocycles. The predicted octanol–water partition coefficient (Wildman–Crippen LogP) is 4.73. The zero-order chi connectivity index (χ0) is 15.1. The summed E-state index contributed by atoms with van der Waals surface area (Å²) in [5.41, 5.74) is 0.585. The van der Waals surface area contributed by atoms with Gasteiger partial charge in [-0.15, -0.1) is 0 Å². The molecular weight excluding hydrogens is 358 g/mol. The van der Waals surface area contributed by atoms with Crippen molar-refractivity contribution in [1.82, 2.24) is 0 Å². The number of carbonyl (C=O) groups is 1. The third kappa shape index (κ3) is 5.65. The van der Waals surface area contributed by atoms with Gasteiger partial charge in [-0.05, 0) is 42.5 Å². The van der Waals surface area contributed by atoms with Gasteiger partial charge in [-0.2, -0.15) is 0 Å². The molecule has 21 heavy (non-hydrogen) atoms. The van der Waals surface area contributed by atoms with Crippen molar-refractivity contribution in [2.24, 2.45) is 0 Å². The zero-order valence-corrected chi connectivity index (χ0v) is 13.4. The van der Waals surface area contributed by atoms with E-state index in [1.165, 1.54) is 0 Å². The second-order valence-electron chi connectivity index (χ2n) is 4.07. The van der Waals surface area contributed by atoms with Gasteiger partial charge in [-0.25, -0.2) is 4.79 Å². The van der Waals surface area contributed by atoms with Gasteiger partial charge in [0.25, 0.3) is 0 Å². The highest BCUT2D eigenvalue weighted by molar-refractivity contribution is 9.10. The summed E-state index contributed by atoms with van der Waals surface area (Å²) in [6, 6.07) is 14.3. The van der Waals surface area contributed by atoms with Crippen molar-refractivity contribution >= 4 is 39.3 Å². The Hall–Kier alpha value is -1.72. The van der Waals surface area contributed by atoms with Crippen LogP contribution in [0.2, 0.25) is 5.02 Å². The third-order valence-electron chi connectivity index (χ3n) is 2.47. The zero-order valence-electron chi connectivity index (χ0n) is 11.0. The van der Waals surface area contributed by atoms with Crippen molar-refractivity contribution in [3.05, 3.63) is 58.0 Å². The average Bonchev–Trinajstić information content (AvgIpc) is 2.45. The van der Waals surface area contributed by atoms with E-state index in [2.05, 4.69) is 21.2 Å². The molecule has 0 saturated carbocycles. The van der Waals surface area contributed by atoms with Crippen LogP contribution in [0.5, 0.6) is 5.75 Å². The number of carbonyl (C=O) groups excluding carboxylic acids is 1. The van der Waals surface area contributed by atoms with E-state index < -0.39 is 6.09 Å². The first-order valence-electron chi connectivity index (χ1n) is 6.21. The Labute approximate surface area is 136 Å². The van der Waals surface area contributed by atoms with Gasteiger partial charge in [0.15, 0.2) is 0 Å². The van der Waals surface area contributed by atoms with Crippen molar-refractivity contribution in [3.63, 3.8) is 0 Å². The van der Waals surface area contributed by atoms with Crippen LogP contribution in [0.4, 0.5) is 10.5 Å². The van der Waals surface area contributed by atoms with Gasteiger partial charge in [0.2, 0.25) is 0 Å². The largest absolute Gasteiger partial charge is 0.490 e. The SMILES string of the molecule is O=C(Nc1cccc(Cl)c1)OCCOc1ccc(Br)cc1. The molecule has 0 aliphatic heterocycles. The Kier molecular flexibility index (Phi) is 5.90. The molecule has 0 radical (unpaired) electrons. The molecule has 0 aliphatic rings. The fourth-order valence-electron chi connectivity index (χ4n) is 1.54. The Morgan fingerprint density at radius 1 is 1.14 bits per heavy atom. The molecule has 0 aromatic heterocycles. The maximum Gasteiger partial charge on any atom is 0.411 e. The van der Waals surface area contributed by atoms with Crippen LogP contribution >= 0.6 is 27.5 Å². The van der Waals surface area contributed by atoms with Crippen LogP contribution in [-0.4, -0.2) is 19.3 Å². The van der Waals surface area contributed by atoms with E-state index in [1.54, 1.807) is 24.3 Å². The second kappa shape index (κ2) is 7.90. The summed E-state index contributed by atoms with van der Waals surface area (Å²) in [5.74, 6) is 0.719. The lowest BCUT2D eigenvalue weighted by molar-refractivity contribution is 0.138. The van der Waals surface area contributed by atoms with Crippen molar-refractivity contribution < 1.29 is 14.3 Å². The van der Waals surface area contributed by atoms with E-state index in [0.29, 0.717) is 10.7 Å². The van der Waals surface area contributed by atoms with Crippen molar-refractivity contribution in [2.45, 2.75) is 0 Å². The summed E-state index contributed by atoms with van der Waals surface area (Å²) in [7, 11) is 0. The lowest BCUT2D eigenvalue weighted by Crippen LogP contribution is -2.17. The van der Waals surface area contributed by atoms with Crippen LogP contribution in [0.15, 0.2) is 53.0 Å². The summed E-state index contributed by atoms with van der Waals surface area (Å²) in [4.78, 5) is 11.5. The van der Waals surface area contributed by atoms with Gasteiger partial charge in [0.05, 0.1) is 0 Å². The lowest BCUT2D eigenvalue weighted by atomic mass is 10.3.